The highest BCUT2D eigenvalue weighted by molar-refractivity contribution is 5.70. The molecule has 0 aromatic heterocycles. The third kappa shape index (κ3) is 15.5. The van der Waals surface area contributed by atoms with Crippen molar-refractivity contribution in [3.8, 4) is 0 Å². The van der Waals surface area contributed by atoms with Crippen molar-refractivity contribution in [3.63, 3.8) is 0 Å². The summed E-state index contributed by atoms with van der Waals surface area (Å²) in [6.45, 7) is 3.03. The molecule has 0 aromatic rings. The number of carbonyl (C=O) groups is 1. The molecule has 0 unspecified atom stereocenters. The molecule has 0 aliphatic rings. The van der Waals surface area contributed by atoms with E-state index in [4.69, 9.17) is 4.74 Å². The van der Waals surface area contributed by atoms with Gasteiger partial charge in [-0.3, -0.25) is 0 Å². The lowest BCUT2D eigenvalue weighted by Crippen LogP contribution is -2.10. The average Bonchev–Trinajstić information content (AvgIpc) is 2.47. The second kappa shape index (κ2) is 16.5. The standard InChI is InChI=1S/C17H34O3/c1-3-4-5-6-7-8-9-10-11-12-13-14-15-20-16-17(18)19-2/h3-16H2,1-2H3. The van der Waals surface area contributed by atoms with Gasteiger partial charge in [0.25, 0.3) is 0 Å². The summed E-state index contributed by atoms with van der Waals surface area (Å²) in [5.74, 6) is -0.288. The quantitative estimate of drug-likeness (QED) is 0.318. The minimum Gasteiger partial charge on any atom is -0.467 e. The summed E-state index contributed by atoms with van der Waals surface area (Å²) in [4.78, 5) is 10.8. The lowest BCUT2D eigenvalue weighted by Gasteiger charge is -2.04. The van der Waals surface area contributed by atoms with Gasteiger partial charge in [-0.25, -0.2) is 4.79 Å². The Morgan fingerprint density at radius 2 is 1.20 bits per heavy atom. The fraction of sp³-hybridized carbons (Fsp3) is 0.941. The Kier molecular flexibility index (Phi) is 16.0. The van der Waals surface area contributed by atoms with E-state index in [-0.39, 0.29) is 12.6 Å². The van der Waals surface area contributed by atoms with Gasteiger partial charge in [-0.15, -0.1) is 0 Å². The second-order valence-corrected chi connectivity index (χ2v) is 5.52. The minimum atomic E-state index is -0.288. The molecule has 0 fully saturated rings. The van der Waals surface area contributed by atoms with Gasteiger partial charge in [-0.1, -0.05) is 77.6 Å². The molecule has 3 heteroatoms. The van der Waals surface area contributed by atoms with Crippen LogP contribution in [0.4, 0.5) is 0 Å². The Hall–Kier alpha value is -0.570. The Labute approximate surface area is 125 Å². The first-order chi connectivity index (χ1) is 9.81. The van der Waals surface area contributed by atoms with Gasteiger partial charge in [-0.2, -0.15) is 0 Å². The van der Waals surface area contributed by atoms with Gasteiger partial charge in [0.15, 0.2) is 0 Å². The Balaban J connectivity index is 2.97. The number of carbonyl (C=O) groups excluding carboxylic acids is 1. The number of ether oxygens (including phenoxy) is 2. The SMILES string of the molecule is CCCCCCCCCCCCCCOCC(=O)OC. The van der Waals surface area contributed by atoms with Crippen LogP contribution in [0.25, 0.3) is 0 Å². The number of unbranched alkanes of at least 4 members (excludes halogenated alkanes) is 11. The molecule has 0 aromatic carbocycles. The average molecular weight is 286 g/mol. The molecular formula is C17H34O3. The van der Waals surface area contributed by atoms with Crippen LogP contribution in [0.2, 0.25) is 0 Å². The second-order valence-electron chi connectivity index (χ2n) is 5.52. The lowest BCUT2D eigenvalue weighted by molar-refractivity contribution is -0.145. The predicted molar refractivity (Wildman–Crippen MR) is 83.9 cm³/mol. The van der Waals surface area contributed by atoms with Gasteiger partial charge >= 0.3 is 5.97 Å². The zero-order valence-electron chi connectivity index (χ0n) is 13.6. The van der Waals surface area contributed by atoms with E-state index in [1.165, 1.54) is 77.7 Å². The first-order valence-corrected chi connectivity index (χ1v) is 8.45. The fourth-order valence-corrected chi connectivity index (χ4v) is 2.26. The topological polar surface area (TPSA) is 35.5 Å². The molecule has 0 N–H and O–H groups in total. The van der Waals surface area contributed by atoms with Crippen LogP contribution in [0.15, 0.2) is 0 Å². The first-order valence-electron chi connectivity index (χ1n) is 8.45. The van der Waals surface area contributed by atoms with Crippen LogP contribution in [0.1, 0.15) is 84.0 Å². The zero-order valence-corrected chi connectivity index (χ0v) is 13.6. The number of rotatable bonds is 15. The Morgan fingerprint density at radius 3 is 1.65 bits per heavy atom. The van der Waals surface area contributed by atoms with E-state index in [0.717, 1.165) is 6.42 Å². The largest absolute Gasteiger partial charge is 0.467 e. The summed E-state index contributed by atoms with van der Waals surface area (Å²) in [6.07, 6.45) is 16.1. The van der Waals surface area contributed by atoms with Gasteiger partial charge in [0.1, 0.15) is 6.61 Å². The molecule has 0 radical (unpaired) electrons. The zero-order chi connectivity index (χ0) is 14.9. The Bertz CT molecular complexity index is 204. The maximum Gasteiger partial charge on any atom is 0.331 e. The third-order valence-corrected chi connectivity index (χ3v) is 3.59. The van der Waals surface area contributed by atoms with Crippen molar-refractivity contribution in [1.29, 1.82) is 0 Å². The van der Waals surface area contributed by atoms with E-state index in [1.54, 1.807) is 0 Å². The van der Waals surface area contributed by atoms with Crippen molar-refractivity contribution in [2.24, 2.45) is 0 Å². The lowest BCUT2D eigenvalue weighted by atomic mass is 10.1. The highest BCUT2D eigenvalue weighted by Gasteiger charge is 1.98. The molecule has 0 aliphatic heterocycles. The van der Waals surface area contributed by atoms with Crippen LogP contribution in [0.5, 0.6) is 0 Å². The van der Waals surface area contributed by atoms with Crippen LogP contribution in [-0.4, -0.2) is 26.3 Å². The molecule has 0 aliphatic carbocycles. The summed E-state index contributed by atoms with van der Waals surface area (Å²) in [5.41, 5.74) is 0. The summed E-state index contributed by atoms with van der Waals surface area (Å²) < 4.78 is 9.70. The highest BCUT2D eigenvalue weighted by atomic mass is 16.6. The predicted octanol–water partition coefficient (Wildman–Crippen LogP) is 4.88. The van der Waals surface area contributed by atoms with Gasteiger partial charge in [0.2, 0.25) is 0 Å². The molecule has 0 amide bonds. The monoisotopic (exact) mass is 286 g/mol. The van der Waals surface area contributed by atoms with Crippen molar-refractivity contribution in [1.82, 2.24) is 0 Å². The number of methoxy groups -OCH3 is 1. The van der Waals surface area contributed by atoms with Crippen LogP contribution >= 0.6 is 0 Å². The molecule has 3 nitrogen and oxygen atoms in total. The fourth-order valence-electron chi connectivity index (χ4n) is 2.26. The molecule has 0 atom stereocenters. The molecule has 0 saturated heterocycles. The smallest absolute Gasteiger partial charge is 0.331 e. The number of hydrogen-bond donors (Lipinski definition) is 0. The van der Waals surface area contributed by atoms with E-state index in [1.807, 2.05) is 0 Å². The van der Waals surface area contributed by atoms with Crippen LogP contribution in [-0.2, 0) is 14.3 Å². The normalized spacial score (nSPS) is 10.7. The van der Waals surface area contributed by atoms with Gasteiger partial charge in [0, 0.05) is 6.61 Å². The number of esters is 1. The van der Waals surface area contributed by atoms with Crippen LogP contribution < -0.4 is 0 Å². The Morgan fingerprint density at radius 1 is 0.750 bits per heavy atom. The van der Waals surface area contributed by atoms with Crippen molar-refractivity contribution < 1.29 is 14.3 Å². The molecule has 0 heterocycles. The van der Waals surface area contributed by atoms with Crippen molar-refractivity contribution >= 4 is 5.97 Å². The van der Waals surface area contributed by atoms with E-state index in [9.17, 15) is 4.79 Å². The van der Waals surface area contributed by atoms with Crippen molar-refractivity contribution in [2.45, 2.75) is 84.0 Å². The summed E-state index contributed by atoms with van der Waals surface area (Å²) in [6, 6.07) is 0. The third-order valence-electron chi connectivity index (χ3n) is 3.59. The molecular weight excluding hydrogens is 252 g/mol. The molecule has 0 bridgehead atoms. The maximum absolute atomic E-state index is 10.8. The summed E-state index contributed by atoms with van der Waals surface area (Å²) in [5, 5.41) is 0. The molecule has 0 rings (SSSR count). The number of hydrogen-bond acceptors (Lipinski definition) is 3. The van der Waals surface area contributed by atoms with E-state index in [0.29, 0.717) is 6.61 Å². The van der Waals surface area contributed by atoms with E-state index < -0.39 is 0 Å². The van der Waals surface area contributed by atoms with Crippen LogP contribution in [0.3, 0.4) is 0 Å². The summed E-state index contributed by atoms with van der Waals surface area (Å²) >= 11 is 0. The first kappa shape index (κ1) is 19.4. The van der Waals surface area contributed by atoms with Gasteiger partial charge in [-0.05, 0) is 6.42 Å². The van der Waals surface area contributed by atoms with Crippen molar-refractivity contribution in [2.75, 3.05) is 20.3 Å². The molecule has 0 saturated carbocycles. The van der Waals surface area contributed by atoms with E-state index in [2.05, 4.69) is 11.7 Å². The van der Waals surface area contributed by atoms with Gasteiger partial charge in [0.05, 0.1) is 7.11 Å². The molecule has 20 heavy (non-hydrogen) atoms. The van der Waals surface area contributed by atoms with Crippen LogP contribution in [0, 0.1) is 0 Å². The highest BCUT2D eigenvalue weighted by Crippen LogP contribution is 2.11. The van der Waals surface area contributed by atoms with E-state index >= 15 is 0 Å². The molecule has 120 valence electrons. The minimum absolute atomic E-state index is 0.0918. The van der Waals surface area contributed by atoms with Crippen molar-refractivity contribution in [3.05, 3.63) is 0 Å². The van der Waals surface area contributed by atoms with Gasteiger partial charge < -0.3 is 9.47 Å². The summed E-state index contributed by atoms with van der Waals surface area (Å²) in [7, 11) is 1.38. The maximum atomic E-state index is 10.8. The molecule has 0 spiro atoms.